The van der Waals surface area contributed by atoms with E-state index in [4.69, 9.17) is 0 Å². The highest BCUT2D eigenvalue weighted by Crippen LogP contribution is 2.57. The van der Waals surface area contributed by atoms with Crippen molar-refractivity contribution in [3.05, 3.63) is 95.8 Å². The van der Waals surface area contributed by atoms with E-state index >= 15 is 0 Å². The summed E-state index contributed by atoms with van der Waals surface area (Å²) in [6, 6.07) is 17.3. The molecular formula is C27H21N3O3. The van der Waals surface area contributed by atoms with E-state index in [2.05, 4.69) is 10.3 Å². The maximum atomic E-state index is 14.1. The molecule has 3 aromatic rings. The lowest BCUT2D eigenvalue weighted by Gasteiger charge is -2.37. The highest BCUT2D eigenvalue weighted by atomic mass is 16.2. The highest BCUT2D eigenvalue weighted by molar-refractivity contribution is 6.16. The zero-order valence-corrected chi connectivity index (χ0v) is 17.9. The third kappa shape index (κ3) is 2.49. The fourth-order valence-electron chi connectivity index (χ4n) is 5.97. The van der Waals surface area contributed by atoms with Crippen LogP contribution in [0.1, 0.15) is 28.4 Å². The number of nitrogens with zero attached hydrogens (tertiary/aromatic N) is 2. The number of amides is 1. The molecule has 2 aromatic carbocycles. The molecule has 6 nitrogen and oxygen atoms in total. The molecule has 3 aliphatic heterocycles. The van der Waals surface area contributed by atoms with Gasteiger partial charge in [0.2, 0.25) is 5.91 Å². The highest BCUT2D eigenvalue weighted by Gasteiger charge is 2.69. The third-order valence-corrected chi connectivity index (χ3v) is 7.21. The van der Waals surface area contributed by atoms with Gasteiger partial charge in [0.25, 0.3) is 0 Å². The normalized spacial score (nSPS) is 26.5. The van der Waals surface area contributed by atoms with Crippen LogP contribution in [-0.2, 0) is 15.0 Å². The largest absolute Gasteiger partial charge is 0.352 e. The van der Waals surface area contributed by atoms with Crippen LogP contribution >= 0.6 is 0 Å². The predicted octanol–water partition coefficient (Wildman–Crippen LogP) is 3.64. The topological polar surface area (TPSA) is 79.4 Å². The molecule has 33 heavy (non-hydrogen) atoms. The first kappa shape index (κ1) is 19.6. The molecule has 1 N–H and O–H groups in total. The smallest absolute Gasteiger partial charge is 0.238 e. The summed E-state index contributed by atoms with van der Waals surface area (Å²) in [6.07, 6.45) is 7.08. The minimum Gasteiger partial charge on any atom is -0.352 e. The number of Topliss-reactive ketones (excluding diaryl/α,β-unsaturated/α-hetero) is 2. The van der Waals surface area contributed by atoms with Crippen LogP contribution < -0.4 is 10.2 Å². The number of benzene rings is 2. The molecule has 1 fully saturated rings. The molecule has 4 heterocycles. The van der Waals surface area contributed by atoms with Crippen LogP contribution in [-0.4, -0.2) is 34.5 Å². The zero-order chi connectivity index (χ0) is 22.7. The van der Waals surface area contributed by atoms with Crippen molar-refractivity contribution in [2.75, 3.05) is 10.2 Å². The minimum atomic E-state index is -1.24. The molecule has 1 amide bonds. The number of aromatic nitrogens is 1. The van der Waals surface area contributed by atoms with Crippen LogP contribution in [0.5, 0.6) is 0 Å². The van der Waals surface area contributed by atoms with Crippen molar-refractivity contribution in [1.82, 2.24) is 4.98 Å². The molecule has 6 rings (SSSR count). The number of carbonyl (C=O) groups excluding carboxylic acids is 3. The molecule has 1 spiro atoms. The van der Waals surface area contributed by atoms with Gasteiger partial charge in [-0.05, 0) is 42.3 Å². The van der Waals surface area contributed by atoms with E-state index in [0.717, 1.165) is 16.8 Å². The number of fused-ring (bicyclic) bond motifs is 6. The molecule has 0 saturated carbocycles. The second-order valence-electron chi connectivity index (χ2n) is 8.77. The Morgan fingerprint density at radius 1 is 1.00 bits per heavy atom. The Balaban J connectivity index is 1.67. The molecule has 0 bridgehead atoms. The quantitative estimate of drug-likeness (QED) is 0.636. The molecule has 4 atom stereocenters. The molecule has 6 heteroatoms. The molecule has 0 radical (unpaired) electrons. The number of para-hydroxylation sites is 2. The Bertz CT molecular complexity index is 1350. The van der Waals surface area contributed by atoms with Crippen molar-refractivity contribution in [2.45, 2.75) is 24.4 Å². The Hall–Kier alpha value is -4.06. The Morgan fingerprint density at radius 3 is 2.52 bits per heavy atom. The van der Waals surface area contributed by atoms with Crippen molar-refractivity contribution < 1.29 is 14.4 Å². The summed E-state index contributed by atoms with van der Waals surface area (Å²) in [5.41, 5.74) is 2.45. The van der Waals surface area contributed by atoms with Gasteiger partial charge in [-0.2, -0.15) is 0 Å². The minimum absolute atomic E-state index is 0.147. The first-order valence-electron chi connectivity index (χ1n) is 11.0. The lowest BCUT2D eigenvalue weighted by molar-refractivity contribution is -0.122. The summed E-state index contributed by atoms with van der Waals surface area (Å²) in [4.78, 5) is 47.3. The van der Waals surface area contributed by atoms with Gasteiger partial charge < -0.3 is 10.2 Å². The maximum Gasteiger partial charge on any atom is 0.238 e. The molecule has 4 unspecified atom stereocenters. The van der Waals surface area contributed by atoms with Gasteiger partial charge in [0.15, 0.2) is 11.6 Å². The number of rotatable bonds is 3. The SMILES string of the molecule is CC(=O)C1C(C(=O)c2ccncc2)C2(C(=O)Nc3ccccc32)C2C=Cc3ccccc3N12. The number of hydrogen-bond acceptors (Lipinski definition) is 5. The molecule has 0 aliphatic carbocycles. The monoisotopic (exact) mass is 435 g/mol. The van der Waals surface area contributed by atoms with E-state index < -0.39 is 23.4 Å². The lowest BCUT2D eigenvalue weighted by atomic mass is 9.64. The van der Waals surface area contributed by atoms with E-state index in [9.17, 15) is 14.4 Å². The maximum absolute atomic E-state index is 14.1. The Morgan fingerprint density at radius 2 is 1.73 bits per heavy atom. The van der Waals surface area contributed by atoms with E-state index in [1.807, 2.05) is 65.6 Å². The van der Waals surface area contributed by atoms with Crippen molar-refractivity contribution in [3.8, 4) is 0 Å². The van der Waals surface area contributed by atoms with Gasteiger partial charge in [-0.15, -0.1) is 0 Å². The number of ketones is 2. The molecule has 3 aliphatic rings. The second-order valence-corrected chi connectivity index (χ2v) is 8.77. The zero-order valence-electron chi connectivity index (χ0n) is 17.9. The van der Waals surface area contributed by atoms with Crippen LogP contribution in [0, 0.1) is 5.92 Å². The Labute approximate surface area is 191 Å². The second kappa shape index (κ2) is 6.97. The van der Waals surface area contributed by atoms with E-state index in [-0.39, 0.29) is 17.5 Å². The van der Waals surface area contributed by atoms with Crippen molar-refractivity contribution >= 4 is 34.9 Å². The summed E-state index contributed by atoms with van der Waals surface area (Å²) >= 11 is 0. The number of pyridine rings is 1. The number of hydrogen-bond donors (Lipinski definition) is 1. The van der Waals surface area contributed by atoms with E-state index in [0.29, 0.717) is 11.3 Å². The first-order chi connectivity index (χ1) is 16.0. The fraction of sp³-hybridized carbons (Fsp3) is 0.185. The van der Waals surface area contributed by atoms with Gasteiger partial charge in [0.1, 0.15) is 5.41 Å². The first-order valence-corrected chi connectivity index (χ1v) is 11.0. The molecule has 1 saturated heterocycles. The summed E-state index contributed by atoms with van der Waals surface area (Å²) in [5, 5.41) is 3.01. The summed E-state index contributed by atoms with van der Waals surface area (Å²) in [5.74, 6) is -1.53. The third-order valence-electron chi connectivity index (χ3n) is 7.21. The van der Waals surface area contributed by atoms with E-state index in [1.165, 1.54) is 6.92 Å². The number of anilines is 2. The van der Waals surface area contributed by atoms with Gasteiger partial charge in [-0.3, -0.25) is 19.4 Å². The molecule has 1 aromatic heterocycles. The van der Waals surface area contributed by atoms with Crippen LogP contribution in [0.2, 0.25) is 0 Å². The van der Waals surface area contributed by atoms with Crippen LogP contribution in [0.4, 0.5) is 11.4 Å². The molecule has 162 valence electrons. The predicted molar refractivity (Wildman–Crippen MR) is 125 cm³/mol. The summed E-state index contributed by atoms with van der Waals surface area (Å²) < 4.78 is 0. The average Bonchev–Trinajstić information content (AvgIpc) is 3.32. The Kier molecular flexibility index (Phi) is 4.14. The van der Waals surface area contributed by atoms with Gasteiger partial charge >= 0.3 is 0 Å². The van der Waals surface area contributed by atoms with Crippen LogP contribution in [0.15, 0.2) is 79.1 Å². The summed E-state index contributed by atoms with van der Waals surface area (Å²) in [6.45, 7) is 1.51. The van der Waals surface area contributed by atoms with Gasteiger partial charge in [0, 0.05) is 29.3 Å². The number of nitrogens with one attached hydrogen (secondary N) is 1. The summed E-state index contributed by atoms with van der Waals surface area (Å²) in [7, 11) is 0. The van der Waals surface area contributed by atoms with Gasteiger partial charge in [-0.25, -0.2) is 0 Å². The van der Waals surface area contributed by atoms with Crippen molar-refractivity contribution in [1.29, 1.82) is 0 Å². The molecular weight excluding hydrogens is 414 g/mol. The fourth-order valence-corrected chi connectivity index (χ4v) is 5.97. The standard InChI is InChI=1S/C27H21N3O3/c1-16(31)24-23(25(32)18-12-14-28-15-13-18)27(19-7-3-4-8-20(19)29-26(27)33)22-11-10-17-6-2-5-9-21(17)30(22)24/h2-15,22-24H,1H3,(H,29,33). The van der Waals surface area contributed by atoms with Crippen molar-refractivity contribution in [2.24, 2.45) is 5.92 Å². The lowest BCUT2D eigenvalue weighted by Crippen LogP contribution is -2.51. The van der Waals surface area contributed by atoms with Crippen LogP contribution in [0.25, 0.3) is 6.08 Å². The number of carbonyl (C=O) groups is 3. The van der Waals surface area contributed by atoms with Crippen LogP contribution in [0.3, 0.4) is 0 Å². The van der Waals surface area contributed by atoms with Gasteiger partial charge in [0.05, 0.1) is 18.0 Å². The van der Waals surface area contributed by atoms with E-state index in [1.54, 1.807) is 24.5 Å². The average molecular weight is 435 g/mol. The van der Waals surface area contributed by atoms with Gasteiger partial charge in [-0.1, -0.05) is 48.6 Å². The van der Waals surface area contributed by atoms with Crippen molar-refractivity contribution in [3.63, 3.8) is 0 Å².